The van der Waals surface area contributed by atoms with E-state index in [4.69, 9.17) is 4.74 Å². The van der Waals surface area contributed by atoms with Crippen LogP contribution in [0.3, 0.4) is 0 Å². The van der Waals surface area contributed by atoms with Gasteiger partial charge in [0.1, 0.15) is 18.0 Å². The number of halogens is 2. The van der Waals surface area contributed by atoms with E-state index in [1.165, 1.54) is 28.9 Å². The van der Waals surface area contributed by atoms with Crippen molar-refractivity contribution in [2.75, 3.05) is 0 Å². The van der Waals surface area contributed by atoms with E-state index in [-0.39, 0.29) is 18.8 Å². The first-order valence-corrected chi connectivity index (χ1v) is 7.15. The minimum absolute atomic E-state index is 0.0764. The molecule has 0 saturated heterocycles. The second kappa shape index (κ2) is 7.14. The van der Waals surface area contributed by atoms with Crippen LogP contribution in [-0.2, 0) is 13.2 Å². The van der Waals surface area contributed by atoms with E-state index in [1.807, 2.05) is 0 Å². The molecule has 3 aromatic rings. The van der Waals surface area contributed by atoms with Gasteiger partial charge in [0.15, 0.2) is 0 Å². The molecule has 0 aliphatic rings. The summed E-state index contributed by atoms with van der Waals surface area (Å²) in [4.78, 5) is 4.05. The van der Waals surface area contributed by atoms with Crippen LogP contribution in [0.2, 0.25) is 0 Å². The molecule has 6 nitrogen and oxygen atoms in total. The number of aliphatic hydroxyl groups is 1. The zero-order chi connectivity index (χ0) is 16.9. The highest BCUT2D eigenvalue weighted by Gasteiger charge is 2.15. The number of rotatable bonds is 6. The molecule has 2 heterocycles. The van der Waals surface area contributed by atoms with Crippen molar-refractivity contribution in [1.82, 2.24) is 20.0 Å². The maximum atomic E-state index is 12.7. The van der Waals surface area contributed by atoms with Gasteiger partial charge < -0.3 is 9.84 Å². The first-order chi connectivity index (χ1) is 11.7. The summed E-state index contributed by atoms with van der Waals surface area (Å²) in [6.45, 7) is -0.230. The summed E-state index contributed by atoms with van der Waals surface area (Å²) in [6.07, 6.45) is -0.935. The molecule has 1 N–H and O–H groups in total. The third-order valence-corrected chi connectivity index (χ3v) is 3.38. The lowest BCUT2D eigenvalue weighted by Crippen LogP contribution is -2.08. The predicted octanol–water partition coefficient (Wildman–Crippen LogP) is 2.67. The van der Waals surface area contributed by atoms with E-state index in [2.05, 4.69) is 15.3 Å². The molecule has 0 bridgehead atoms. The second-order valence-corrected chi connectivity index (χ2v) is 4.90. The van der Waals surface area contributed by atoms with Crippen molar-refractivity contribution in [3.63, 3.8) is 0 Å². The third-order valence-electron chi connectivity index (χ3n) is 3.38. The highest BCUT2D eigenvalue weighted by Crippen LogP contribution is 2.21. The van der Waals surface area contributed by atoms with Gasteiger partial charge in [0, 0.05) is 17.8 Å². The summed E-state index contributed by atoms with van der Waals surface area (Å²) < 4.78 is 32.3. The van der Waals surface area contributed by atoms with Crippen molar-refractivity contribution in [2.24, 2.45) is 0 Å². The van der Waals surface area contributed by atoms with Gasteiger partial charge in [0.05, 0.1) is 12.3 Å². The number of hydrogen-bond acceptors (Lipinski definition) is 5. The number of ether oxygens (including phenoxy) is 1. The smallest absolute Gasteiger partial charge is 0.263 e. The van der Waals surface area contributed by atoms with Gasteiger partial charge in [0.25, 0.3) is 6.43 Å². The largest absolute Gasteiger partial charge is 0.471 e. The highest BCUT2D eigenvalue weighted by molar-refractivity contribution is 5.36. The van der Waals surface area contributed by atoms with Crippen molar-refractivity contribution >= 4 is 0 Å². The number of hydrogen-bond donors (Lipinski definition) is 1. The lowest BCUT2D eigenvalue weighted by molar-refractivity contribution is 0.151. The van der Waals surface area contributed by atoms with Crippen LogP contribution in [0.5, 0.6) is 5.88 Å². The SMILES string of the molecule is OCc1nnn(-c2ccc(C(F)F)cc2)c1COc1ccccn1. The number of aromatic nitrogens is 4. The minimum Gasteiger partial charge on any atom is -0.471 e. The lowest BCUT2D eigenvalue weighted by atomic mass is 10.2. The maximum Gasteiger partial charge on any atom is 0.263 e. The molecule has 124 valence electrons. The van der Waals surface area contributed by atoms with Crippen LogP contribution in [0.15, 0.2) is 48.7 Å². The van der Waals surface area contributed by atoms with Crippen LogP contribution in [-0.4, -0.2) is 25.1 Å². The Labute approximate surface area is 136 Å². The zero-order valence-electron chi connectivity index (χ0n) is 12.5. The molecule has 24 heavy (non-hydrogen) atoms. The third kappa shape index (κ3) is 3.38. The molecule has 0 aliphatic heterocycles. The molecule has 0 atom stereocenters. The molecule has 0 aliphatic carbocycles. The summed E-state index contributed by atoms with van der Waals surface area (Å²) in [7, 11) is 0. The van der Waals surface area contributed by atoms with Crippen LogP contribution in [0.1, 0.15) is 23.4 Å². The average molecular weight is 332 g/mol. The molecular weight excluding hydrogens is 318 g/mol. The van der Waals surface area contributed by atoms with Gasteiger partial charge in [-0.25, -0.2) is 18.4 Å². The topological polar surface area (TPSA) is 73.1 Å². The van der Waals surface area contributed by atoms with Gasteiger partial charge >= 0.3 is 0 Å². The minimum atomic E-state index is -2.53. The second-order valence-electron chi connectivity index (χ2n) is 4.90. The Balaban J connectivity index is 1.87. The maximum absolute atomic E-state index is 12.7. The molecular formula is C16H14F2N4O2. The van der Waals surface area contributed by atoms with Gasteiger partial charge in [-0.3, -0.25) is 0 Å². The molecule has 0 spiro atoms. The summed E-state index contributed by atoms with van der Waals surface area (Å²) in [5.41, 5.74) is 1.34. The van der Waals surface area contributed by atoms with Gasteiger partial charge in [-0.15, -0.1) is 5.10 Å². The zero-order valence-corrected chi connectivity index (χ0v) is 12.5. The van der Waals surface area contributed by atoms with Gasteiger partial charge in [-0.05, 0) is 18.2 Å². The number of aliphatic hydroxyl groups excluding tert-OH is 1. The fourth-order valence-electron chi connectivity index (χ4n) is 2.14. The Kier molecular flexibility index (Phi) is 4.76. The summed E-state index contributed by atoms with van der Waals surface area (Å²) >= 11 is 0. The predicted molar refractivity (Wildman–Crippen MR) is 80.8 cm³/mol. The monoisotopic (exact) mass is 332 g/mol. The first-order valence-electron chi connectivity index (χ1n) is 7.15. The number of benzene rings is 1. The molecule has 0 saturated carbocycles. The number of pyridine rings is 1. The van der Waals surface area contributed by atoms with Crippen molar-refractivity contribution < 1.29 is 18.6 Å². The molecule has 8 heteroatoms. The van der Waals surface area contributed by atoms with Gasteiger partial charge in [0.2, 0.25) is 5.88 Å². The summed E-state index contributed by atoms with van der Waals surface area (Å²) in [6, 6.07) is 10.9. The van der Waals surface area contributed by atoms with Crippen LogP contribution in [0, 0.1) is 0 Å². The van der Waals surface area contributed by atoms with Crippen LogP contribution < -0.4 is 4.74 Å². The van der Waals surface area contributed by atoms with Gasteiger partial charge in [-0.1, -0.05) is 23.4 Å². The molecule has 0 amide bonds. The Morgan fingerprint density at radius 1 is 1.12 bits per heavy atom. The Bertz CT molecular complexity index is 792. The summed E-state index contributed by atoms with van der Waals surface area (Å²) in [5.74, 6) is 0.419. The van der Waals surface area contributed by atoms with Crippen molar-refractivity contribution in [3.8, 4) is 11.6 Å². The number of nitrogens with zero attached hydrogens (tertiary/aromatic N) is 4. The Hall–Kier alpha value is -2.87. The van der Waals surface area contributed by atoms with Crippen molar-refractivity contribution in [2.45, 2.75) is 19.6 Å². The molecule has 0 fully saturated rings. The van der Waals surface area contributed by atoms with E-state index in [1.54, 1.807) is 24.4 Å². The first kappa shape index (κ1) is 16.0. The molecule has 0 radical (unpaired) electrons. The van der Waals surface area contributed by atoms with E-state index < -0.39 is 6.43 Å². The van der Waals surface area contributed by atoms with Crippen LogP contribution in [0.25, 0.3) is 5.69 Å². The fraction of sp³-hybridized carbons (Fsp3) is 0.188. The quantitative estimate of drug-likeness (QED) is 0.751. The average Bonchev–Trinajstić information content (AvgIpc) is 3.03. The normalized spacial score (nSPS) is 11.0. The Morgan fingerprint density at radius 2 is 1.92 bits per heavy atom. The Morgan fingerprint density at radius 3 is 2.54 bits per heavy atom. The van der Waals surface area contributed by atoms with E-state index in [0.29, 0.717) is 23.0 Å². The standard InChI is InChI=1S/C16H14F2N4O2/c17-16(18)11-4-6-12(7-5-11)22-14(13(9-23)20-21-22)10-24-15-3-1-2-8-19-15/h1-8,16,23H,9-10H2. The van der Waals surface area contributed by atoms with E-state index in [9.17, 15) is 13.9 Å². The van der Waals surface area contributed by atoms with Crippen LogP contribution in [0.4, 0.5) is 8.78 Å². The lowest BCUT2D eigenvalue weighted by Gasteiger charge is -2.09. The van der Waals surface area contributed by atoms with Gasteiger partial charge in [-0.2, -0.15) is 0 Å². The van der Waals surface area contributed by atoms with Crippen molar-refractivity contribution in [1.29, 1.82) is 0 Å². The molecule has 2 aromatic heterocycles. The van der Waals surface area contributed by atoms with Crippen LogP contribution >= 0.6 is 0 Å². The molecule has 1 aromatic carbocycles. The fourth-order valence-corrected chi connectivity index (χ4v) is 2.14. The van der Waals surface area contributed by atoms with Crippen molar-refractivity contribution in [3.05, 3.63) is 65.6 Å². The van der Waals surface area contributed by atoms with E-state index >= 15 is 0 Å². The molecule has 3 rings (SSSR count). The highest BCUT2D eigenvalue weighted by atomic mass is 19.3. The molecule has 0 unspecified atom stereocenters. The number of alkyl halides is 2. The van der Waals surface area contributed by atoms with E-state index in [0.717, 1.165) is 0 Å². The summed E-state index contributed by atoms with van der Waals surface area (Å²) in [5, 5.41) is 17.3.